The fraction of sp³-hybridized carbons (Fsp3) is 0.556. The van der Waals surface area contributed by atoms with Crippen LogP contribution in [0.3, 0.4) is 0 Å². The van der Waals surface area contributed by atoms with Gasteiger partial charge in [0.1, 0.15) is 0 Å². The van der Waals surface area contributed by atoms with Gasteiger partial charge in [-0.15, -0.1) is 0 Å². The van der Waals surface area contributed by atoms with E-state index >= 15 is 0 Å². The molecule has 1 amide bonds. The largest absolute Gasteiger partial charge is 0.347 e. The van der Waals surface area contributed by atoms with Gasteiger partial charge < -0.3 is 14.4 Å². The molecular weight excluding hydrogens is 370 g/mol. The van der Waals surface area contributed by atoms with E-state index in [-0.39, 0.29) is 18.9 Å². The molecule has 2 aliphatic heterocycles. The maximum Gasteiger partial charge on any atom is 0.232 e. The number of amides is 1. The molecule has 0 aliphatic carbocycles. The zero-order valence-electron chi connectivity index (χ0n) is 15.3. The normalized spacial score (nSPS) is 19.0. The molecule has 2 heterocycles. The highest BCUT2D eigenvalue weighted by molar-refractivity contribution is 7.92. The zero-order valence-corrected chi connectivity index (χ0v) is 16.1. The Kier molecular flexibility index (Phi) is 5.69. The van der Waals surface area contributed by atoms with E-state index in [0.29, 0.717) is 50.4 Å². The van der Waals surface area contributed by atoms with Crippen molar-refractivity contribution in [3.05, 3.63) is 29.8 Å². The first-order valence-electron chi connectivity index (χ1n) is 8.87. The van der Waals surface area contributed by atoms with E-state index in [4.69, 9.17) is 14.7 Å². The molecule has 2 saturated heterocycles. The van der Waals surface area contributed by atoms with Gasteiger partial charge in [0.25, 0.3) is 0 Å². The van der Waals surface area contributed by atoms with Crippen LogP contribution >= 0.6 is 0 Å². The maximum absolute atomic E-state index is 12.6. The third kappa shape index (κ3) is 4.58. The van der Waals surface area contributed by atoms with E-state index in [1.807, 2.05) is 6.07 Å². The van der Waals surface area contributed by atoms with E-state index in [2.05, 4.69) is 0 Å². The molecule has 0 aromatic heterocycles. The molecule has 0 radical (unpaired) electrons. The fourth-order valence-corrected chi connectivity index (χ4v) is 4.37. The van der Waals surface area contributed by atoms with Crippen molar-refractivity contribution in [3.8, 4) is 6.07 Å². The van der Waals surface area contributed by atoms with Crippen molar-refractivity contribution in [1.29, 1.82) is 5.26 Å². The second kappa shape index (κ2) is 7.84. The quantitative estimate of drug-likeness (QED) is 0.742. The van der Waals surface area contributed by atoms with Crippen molar-refractivity contribution < 1.29 is 22.7 Å². The number of carbonyl (C=O) groups is 1. The van der Waals surface area contributed by atoms with Crippen LogP contribution in [-0.2, 0) is 24.3 Å². The Hall–Kier alpha value is -2.15. The summed E-state index contributed by atoms with van der Waals surface area (Å²) in [5, 5.41) is 9.02. The molecule has 0 bridgehead atoms. The number of sulfonamides is 1. The van der Waals surface area contributed by atoms with Crippen molar-refractivity contribution in [2.45, 2.75) is 25.0 Å². The van der Waals surface area contributed by atoms with Crippen molar-refractivity contribution in [2.75, 3.05) is 43.4 Å². The van der Waals surface area contributed by atoms with Crippen LogP contribution in [0, 0.1) is 11.3 Å². The van der Waals surface area contributed by atoms with Gasteiger partial charge in [-0.25, -0.2) is 8.42 Å². The molecule has 1 aromatic carbocycles. The first-order chi connectivity index (χ1) is 12.8. The number of benzene rings is 1. The van der Waals surface area contributed by atoms with Crippen LogP contribution in [-0.4, -0.2) is 64.1 Å². The lowest BCUT2D eigenvalue weighted by atomic mass is 10.0. The van der Waals surface area contributed by atoms with Crippen LogP contribution < -0.4 is 4.31 Å². The van der Waals surface area contributed by atoms with Gasteiger partial charge in [0.15, 0.2) is 5.79 Å². The lowest BCUT2D eigenvalue weighted by Crippen LogP contribution is -2.48. The van der Waals surface area contributed by atoms with Crippen LogP contribution in [0.2, 0.25) is 0 Å². The Labute approximate surface area is 159 Å². The SMILES string of the molecule is CS(=O)(=O)N(CCC(=O)N1CCC2(CC1)OCCO2)c1cccc(C#N)c1. The Morgan fingerprint density at radius 3 is 2.56 bits per heavy atom. The van der Waals surface area contributed by atoms with Crippen molar-refractivity contribution >= 4 is 21.6 Å². The van der Waals surface area contributed by atoms with Crippen LogP contribution in [0.5, 0.6) is 0 Å². The third-order valence-corrected chi connectivity index (χ3v) is 6.08. The number of rotatable bonds is 5. The molecule has 2 aliphatic rings. The number of carbonyl (C=O) groups excluding carboxylic acids is 1. The highest BCUT2D eigenvalue weighted by Gasteiger charge is 2.40. The summed E-state index contributed by atoms with van der Waals surface area (Å²) in [6.07, 6.45) is 2.41. The van der Waals surface area contributed by atoms with Crippen molar-refractivity contribution in [1.82, 2.24) is 4.90 Å². The monoisotopic (exact) mass is 393 g/mol. The highest BCUT2D eigenvalue weighted by atomic mass is 32.2. The Balaban J connectivity index is 1.62. The van der Waals surface area contributed by atoms with Gasteiger partial charge in [0.2, 0.25) is 15.9 Å². The predicted molar refractivity (Wildman–Crippen MR) is 98.4 cm³/mol. The summed E-state index contributed by atoms with van der Waals surface area (Å²) in [4.78, 5) is 14.3. The molecule has 0 unspecified atom stereocenters. The van der Waals surface area contributed by atoms with Crippen LogP contribution in [0.25, 0.3) is 0 Å². The molecule has 9 heteroatoms. The second-order valence-corrected chi connectivity index (χ2v) is 8.64. The number of hydrogen-bond donors (Lipinski definition) is 0. The number of piperidine rings is 1. The van der Waals surface area contributed by atoms with Crippen molar-refractivity contribution in [3.63, 3.8) is 0 Å². The number of anilines is 1. The molecule has 0 atom stereocenters. The summed E-state index contributed by atoms with van der Waals surface area (Å²) >= 11 is 0. The first-order valence-corrected chi connectivity index (χ1v) is 10.7. The molecule has 146 valence electrons. The molecule has 3 rings (SSSR count). The van der Waals surface area contributed by atoms with Gasteiger partial charge in [-0.1, -0.05) is 6.07 Å². The van der Waals surface area contributed by atoms with Crippen LogP contribution in [0.4, 0.5) is 5.69 Å². The Morgan fingerprint density at radius 2 is 1.96 bits per heavy atom. The molecule has 0 N–H and O–H groups in total. The minimum absolute atomic E-state index is 0.0290. The first kappa shape index (κ1) is 19.6. The molecule has 1 spiro atoms. The van der Waals surface area contributed by atoms with Gasteiger partial charge in [0, 0.05) is 38.9 Å². The van der Waals surface area contributed by atoms with Crippen LogP contribution in [0.15, 0.2) is 24.3 Å². The van der Waals surface area contributed by atoms with E-state index in [9.17, 15) is 13.2 Å². The minimum atomic E-state index is -3.57. The molecule has 8 nitrogen and oxygen atoms in total. The smallest absolute Gasteiger partial charge is 0.232 e. The Morgan fingerprint density at radius 1 is 1.30 bits per heavy atom. The molecule has 1 aromatic rings. The van der Waals surface area contributed by atoms with Gasteiger partial charge in [0.05, 0.1) is 36.8 Å². The zero-order chi connectivity index (χ0) is 19.5. The minimum Gasteiger partial charge on any atom is -0.347 e. The Bertz CT molecular complexity index is 833. The second-order valence-electron chi connectivity index (χ2n) is 6.74. The highest BCUT2D eigenvalue weighted by Crippen LogP contribution is 2.31. The maximum atomic E-state index is 12.6. The fourth-order valence-electron chi connectivity index (χ4n) is 3.45. The number of nitrogens with zero attached hydrogens (tertiary/aromatic N) is 3. The van der Waals surface area contributed by atoms with Crippen molar-refractivity contribution in [2.24, 2.45) is 0 Å². The number of ether oxygens (including phenoxy) is 2. The number of hydrogen-bond acceptors (Lipinski definition) is 6. The average Bonchev–Trinajstić information content (AvgIpc) is 3.09. The summed E-state index contributed by atoms with van der Waals surface area (Å²) in [6.45, 7) is 2.25. The molecule has 2 fully saturated rings. The van der Waals surface area contributed by atoms with E-state index in [1.54, 1.807) is 23.1 Å². The van der Waals surface area contributed by atoms with E-state index in [0.717, 1.165) is 6.26 Å². The summed E-state index contributed by atoms with van der Waals surface area (Å²) in [7, 11) is -3.57. The summed E-state index contributed by atoms with van der Waals surface area (Å²) in [6, 6.07) is 8.34. The van der Waals surface area contributed by atoms with Gasteiger partial charge in [-0.05, 0) is 18.2 Å². The van der Waals surface area contributed by atoms with Gasteiger partial charge >= 0.3 is 0 Å². The molecular formula is C18H23N3O5S. The molecule has 27 heavy (non-hydrogen) atoms. The summed E-state index contributed by atoms with van der Waals surface area (Å²) < 4.78 is 36.8. The number of likely N-dealkylation sites (tertiary alicyclic amines) is 1. The van der Waals surface area contributed by atoms with Gasteiger partial charge in [-0.3, -0.25) is 9.10 Å². The van der Waals surface area contributed by atoms with E-state index in [1.165, 1.54) is 10.4 Å². The lowest BCUT2D eigenvalue weighted by molar-refractivity contribution is -0.187. The molecule has 0 saturated carbocycles. The average molecular weight is 393 g/mol. The van der Waals surface area contributed by atoms with E-state index < -0.39 is 15.8 Å². The lowest BCUT2D eigenvalue weighted by Gasteiger charge is -2.37. The van der Waals surface area contributed by atoms with Gasteiger partial charge in [-0.2, -0.15) is 5.26 Å². The number of nitriles is 1. The predicted octanol–water partition coefficient (Wildman–Crippen LogP) is 1.08. The summed E-state index contributed by atoms with van der Waals surface area (Å²) in [5.74, 6) is -0.652. The summed E-state index contributed by atoms with van der Waals surface area (Å²) in [5.41, 5.74) is 0.750. The topological polar surface area (TPSA) is 99.9 Å². The standard InChI is InChI=1S/C18H23N3O5S/c1-27(23,24)21(16-4-2-3-15(13-16)14-19)8-5-17(22)20-9-6-18(7-10-20)25-11-12-26-18/h2-4,13H,5-12H2,1H3. The third-order valence-electron chi connectivity index (χ3n) is 4.88. The van der Waals surface area contributed by atoms with Crippen LogP contribution in [0.1, 0.15) is 24.8 Å².